The summed E-state index contributed by atoms with van der Waals surface area (Å²) in [4.78, 5) is 28.5. The summed E-state index contributed by atoms with van der Waals surface area (Å²) in [5.41, 5.74) is 1.59. The molecule has 0 radical (unpaired) electrons. The zero-order valence-electron chi connectivity index (χ0n) is 17.1. The first-order valence-corrected chi connectivity index (χ1v) is 9.91. The molecule has 0 spiro atoms. The number of carbonyl (C=O) groups excluding carboxylic acids is 2. The van der Waals surface area contributed by atoms with E-state index in [2.05, 4.69) is 15.5 Å². The van der Waals surface area contributed by atoms with E-state index in [-0.39, 0.29) is 24.2 Å². The second-order valence-electron chi connectivity index (χ2n) is 7.23. The van der Waals surface area contributed by atoms with Crippen molar-refractivity contribution < 1.29 is 18.7 Å². The van der Waals surface area contributed by atoms with E-state index in [1.54, 1.807) is 7.11 Å². The molecule has 1 saturated heterocycles. The fourth-order valence-electron chi connectivity index (χ4n) is 3.25. The zero-order valence-corrected chi connectivity index (χ0v) is 17.1. The van der Waals surface area contributed by atoms with Gasteiger partial charge in [-0.2, -0.15) is 0 Å². The number of nitrogens with zero attached hydrogens (tertiary/aromatic N) is 2. The third-order valence-corrected chi connectivity index (χ3v) is 4.98. The van der Waals surface area contributed by atoms with Gasteiger partial charge in [0.1, 0.15) is 11.6 Å². The van der Waals surface area contributed by atoms with Crippen LogP contribution in [0.15, 0.2) is 48.5 Å². The average Bonchev–Trinajstić information content (AvgIpc) is 2.75. The first kappa shape index (κ1) is 21.7. The van der Waals surface area contributed by atoms with Crippen molar-refractivity contribution in [1.82, 2.24) is 15.1 Å². The third kappa shape index (κ3) is 6.82. The molecule has 0 saturated carbocycles. The van der Waals surface area contributed by atoms with E-state index in [4.69, 9.17) is 4.74 Å². The molecule has 0 bridgehead atoms. The Morgan fingerprint density at radius 2 is 1.47 bits per heavy atom. The maximum absolute atomic E-state index is 12.9. The highest BCUT2D eigenvalue weighted by Gasteiger charge is 2.20. The first-order chi connectivity index (χ1) is 14.5. The molecule has 2 amide bonds. The minimum Gasteiger partial charge on any atom is -0.497 e. The van der Waals surface area contributed by atoms with Gasteiger partial charge in [-0.1, -0.05) is 12.1 Å². The normalized spacial score (nSPS) is 14.9. The molecule has 160 valence electrons. The van der Waals surface area contributed by atoms with Crippen LogP contribution in [0.1, 0.15) is 5.56 Å². The minimum absolute atomic E-state index is 0.0201. The van der Waals surface area contributed by atoms with Crippen molar-refractivity contribution in [3.8, 4) is 5.75 Å². The topological polar surface area (TPSA) is 73.9 Å². The van der Waals surface area contributed by atoms with Crippen LogP contribution < -0.4 is 15.4 Å². The molecule has 1 aliphatic heterocycles. The summed E-state index contributed by atoms with van der Waals surface area (Å²) in [6, 6.07) is 13.3. The number of methoxy groups -OCH3 is 1. The number of carbonyl (C=O) groups is 2. The first-order valence-electron chi connectivity index (χ1n) is 9.91. The Balaban J connectivity index is 1.33. The van der Waals surface area contributed by atoms with Gasteiger partial charge in [0.05, 0.1) is 20.2 Å². The van der Waals surface area contributed by atoms with Crippen molar-refractivity contribution >= 4 is 17.5 Å². The predicted molar refractivity (Wildman–Crippen MR) is 113 cm³/mol. The van der Waals surface area contributed by atoms with Gasteiger partial charge in [-0.05, 0) is 42.0 Å². The number of amides is 2. The second-order valence-corrected chi connectivity index (χ2v) is 7.23. The summed E-state index contributed by atoms with van der Waals surface area (Å²) < 4.78 is 18.1. The number of halogens is 1. The molecule has 0 aromatic heterocycles. The van der Waals surface area contributed by atoms with Gasteiger partial charge < -0.3 is 15.4 Å². The van der Waals surface area contributed by atoms with Gasteiger partial charge in [0, 0.05) is 38.4 Å². The fourth-order valence-corrected chi connectivity index (χ4v) is 3.25. The number of rotatable bonds is 8. The molecule has 0 aliphatic carbocycles. The molecule has 1 aliphatic rings. The Bertz CT molecular complexity index is 834. The number of hydrogen-bond donors (Lipinski definition) is 2. The molecule has 1 heterocycles. The summed E-state index contributed by atoms with van der Waals surface area (Å²) in [5.74, 6) is 0.298. The highest BCUT2D eigenvalue weighted by atomic mass is 19.1. The summed E-state index contributed by atoms with van der Waals surface area (Å²) in [5, 5.41) is 5.70. The van der Waals surface area contributed by atoms with Crippen LogP contribution in [0.3, 0.4) is 0 Å². The van der Waals surface area contributed by atoms with Crippen molar-refractivity contribution in [2.24, 2.45) is 0 Å². The molecule has 2 N–H and O–H groups in total. The van der Waals surface area contributed by atoms with E-state index in [0.717, 1.165) is 24.4 Å². The van der Waals surface area contributed by atoms with Crippen molar-refractivity contribution in [2.75, 3.05) is 51.7 Å². The highest BCUT2D eigenvalue weighted by Crippen LogP contribution is 2.11. The van der Waals surface area contributed by atoms with Gasteiger partial charge in [0.25, 0.3) is 0 Å². The van der Waals surface area contributed by atoms with E-state index in [1.807, 2.05) is 29.2 Å². The number of benzene rings is 2. The molecule has 1 fully saturated rings. The van der Waals surface area contributed by atoms with Gasteiger partial charge in [0.2, 0.25) is 11.8 Å². The predicted octanol–water partition coefficient (Wildman–Crippen LogP) is 1.71. The van der Waals surface area contributed by atoms with E-state index >= 15 is 0 Å². The molecule has 7 nitrogen and oxygen atoms in total. The van der Waals surface area contributed by atoms with E-state index in [0.29, 0.717) is 31.9 Å². The van der Waals surface area contributed by atoms with Crippen LogP contribution in [0.25, 0.3) is 0 Å². The van der Waals surface area contributed by atoms with Crippen LogP contribution in [0, 0.1) is 5.82 Å². The minimum atomic E-state index is -0.336. The molecular weight excluding hydrogens is 387 g/mol. The maximum Gasteiger partial charge on any atom is 0.238 e. The number of piperazine rings is 1. The third-order valence-electron chi connectivity index (χ3n) is 4.98. The lowest BCUT2D eigenvalue weighted by Crippen LogP contribution is -2.50. The lowest BCUT2D eigenvalue weighted by Gasteiger charge is -2.33. The summed E-state index contributed by atoms with van der Waals surface area (Å²) in [6.45, 7) is 3.96. The Hall–Kier alpha value is -2.97. The van der Waals surface area contributed by atoms with Crippen molar-refractivity contribution in [2.45, 2.75) is 6.54 Å². The molecule has 8 heteroatoms. The molecule has 0 unspecified atom stereocenters. The highest BCUT2D eigenvalue weighted by molar-refractivity contribution is 5.92. The second kappa shape index (κ2) is 10.7. The largest absolute Gasteiger partial charge is 0.497 e. The molecule has 2 aromatic rings. The fraction of sp³-hybridized carbons (Fsp3) is 0.364. The monoisotopic (exact) mass is 414 g/mol. The lowest BCUT2D eigenvalue weighted by molar-refractivity contribution is -0.123. The van der Waals surface area contributed by atoms with Crippen LogP contribution in [-0.2, 0) is 16.1 Å². The van der Waals surface area contributed by atoms with Crippen LogP contribution in [-0.4, -0.2) is 68.0 Å². The lowest BCUT2D eigenvalue weighted by atomic mass is 10.2. The van der Waals surface area contributed by atoms with Crippen LogP contribution in [0.5, 0.6) is 5.75 Å². The van der Waals surface area contributed by atoms with E-state index < -0.39 is 0 Å². The Morgan fingerprint density at radius 1 is 0.900 bits per heavy atom. The zero-order chi connectivity index (χ0) is 21.3. The Kier molecular flexibility index (Phi) is 7.75. The smallest absolute Gasteiger partial charge is 0.238 e. The molecule has 3 rings (SSSR count). The molecule has 30 heavy (non-hydrogen) atoms. The van der Waals surface area contributed by atoms with Crippen molar-refractivity contribution in [1.29, 1.82) is 0 Å². The standard InChI is InChI=1S/C22H27FN4O3/c1-30-20-8-2-17(3-9-20)14-24-21(28)15-26-10-12-27(13-11-26)16-22(29)25-19-6-4-18(23)5-7-19/h2-9H,10-16H2,1H3,(H,24,28)(H,25,29). The number of hydrogen-bond acceptors (Lipinski definition) is 5. The van der Waals surface area contributed by atoms with Gasteiger partial charge in [-0.25, -0.2) is 4.39 Å². The molecule has 0 atom stereocenters. The van der Waals surface area contributed by atoms with Crippen LogP contribution in [0.4, 0.5) is 10.1 Å². The summed E-state index contributed by atoms with van der Waals surface area (Å²) >= 11 is 0. The van der Waals surface area contributed by atoms with Crippen molar-refractivity contribution in [3.05, 3.63) is 59.9 Å². The summed E-state index contributed by atoms with van der Waals surface area (Å²) in [7, 11) is 1.62. The number of anilines is 1. The van der Waals surface area contributed by atoms with E-state index in [9.17, 15) is 14.0 Å². The summed E-state index contributed by atoms with van der Waals surface area (Å²) in [6.07, 6.45) is 0. The van der Waals surface area contributed by atoms with Crippen molar-refractivity contribution in [3.63, 3.8) is 0 Å². The Morgan fingerprint density at radius 3 is 2.03 bits per heavy atom. The van der Waals surface area contributed by atoms with Gasteiger partial charge in [-0.15, -0.1) is 0 Å². The van der Waals surface area contributed by atoms with Gasteiger partial charge >= 0.3 is 0 Å². The average molecular weight is 414 g/mol. The maximum atomic E-state index is 12.9. The van der Waals surface area contributed by atoms with E-state index in [1.165, 1.54) is 24.3 Å². The van der Waals surface area contributed by atoms with Gasteiger partial charge in [-0.3, -0.25) is 19.4 Å². The quantitative estimate of drug-likeness (QED) is 0.688. The van der Waals surface area contributed by atoms with Crippen LogP contribution >= 0.6 is 0 Å². The SMILES string of the molecule is COc1ccc(CNC(=O)CN2CCN(CC(=O)Nc3ccc(F)cc3)CC2)cc1. The number of ether oxygens (including phenoxy) is 1. The molecule has 2 aromatic carbocycles. The Labute approximate surface area is 175 Å². The van der Waals surface area contributed by atoms with Crippen LogP contribution in [0.2, 0.25) is 0 Å². The number of nitrogens with one attached hydrogen (secondary N) is 2. The molecular formula is C22H27FN4O3. The van der Waals surface area contributed by atoms with Gasteiger partial charge in [0.15, 0.2) is 0 Å².